The molecule has 8 heteroatoms. The van der Waals surface area contributed by atoms with Crippen LogP contribution in [0, 0.1) is 5.92 Å². The van der Waals surface area contributed by atoms with Crippen LogP contribution in [0.15, 0.2) is 12.1 Å². The van der Waals surface area contributed by atoms with Crippen LogP contribution in [0.5, 0.6) is 17.2 Å². The number of hydrogen-bond acceptors (Lipinski definition) is 5. The standard InChI is InChI=1S/C21H31N3O5/c1-27-17-13-16(14-18(28-2)20(17)29-3)22-21(26)24-10-6-15(7-11-24)12-19(25)23-8-4-5-9-23/h13-15H,4-12H2,1-3H3,(H,22,26). The fourth-order valence-corrected chi connectivity index (χ4v) is 4.04. The molecule has 29 heavy (non-hydrogen) atoms. The lowest BCUT2D eigenvalue weighted by molar-refractivity contribution is -0.131. The van der Waals surface area contributed by atoms with Gasteiger partial charge in [0.05, 0.1) is 27.0 Å². The number of nitrogens with zero attached hydrogens (tertiary/aromatic N) is 2. The van der Waals surface area contributed by atoms with Gasteiger partial charge in [0, 0.05) is 44.7 Å². The van der Waals surface area contributed by atoms with Gasteiger partial charge in [0.25, 0.3) is 0 Å². The van der Waals surface area contributed by atoms with Crippen LogP contribution in [-0.2, 0) is 4.79 Å². The minimum Gasteiger partial charge on any atom is -0.493 e. The number of anilines is 1. The molecule has 1 N–H and O–H groups in total. The number of hydrogen-bond donors (Lipinski definition) is 1. The van der Waals surface area contributed by atoms with Crippen LogP contribution in [-0.4, -0.2) is 69.2 Å². The molecule has 0 radical (unpaired) electrons. The van der Waals surface area contributed by atoms with Crippen LogP contribution in [0.3, 0.4) is 0 Å². The average molecular weight is 405 g/mol. The van der Waals surface area contributed by atoms with Crippen molar-refractivity contribution in [1.29, 1.82) is 0 Å². The molecule has 1 aromatic carbocycles. The van der Waals surface area contributed by atoms with Crippen LogP contribution in [0.4, 0.5) is 10.5 Å². The van der Waals surface area contributed by atoms with Crippen LogP contribution in [0.25, 0.3) is 0 Å². The first-order valence-corrected chi connectivity index (χ1v) is 10.2. The van der Waals surface area contributed by atoms with E-state index in [4.69, 9.17) is 14.2 Å². The summed E-state index contributed by atoms with van der Waals surface area (Å²) in [5.74, 6) is 2.08. The highest BCUT2D eigenvalue weighted by Gasteiger charge is 2.27. The lowest BCUT2D eigenvalue weighted by Gasteiger charge is -2.32. The summed E-state index contributed by atoms with van der Waals surface area (Å²) in [6.45, 7) is 3.09. The molecule has 0 spiro atoms. The molecule has 8 nitrogen and oxygen atoms in total. The lowest BCUT2D eigenvalue weighted by atomic mass is 9.93. The maximum atomic E-state index is 12.7. The molecule has 2 fully saturated rings. The van der Waals surface area contributed by atoms with Gasteiger partial charge in [0.2, 0.25) is 11.7 Å². The molecule has 0 aliphatic carbocycles. The summed E-state index contributed by atoms with van der Waals surface area (Å²) in [6.07, 6.45) is 4.53. The molecule has 0 atom stereocenters. The van der Waals surface area contributed by atoms with E-state index in [1.807, 2.05) is 4.90 Å². The Morgan fingerprint density at radius 1 is 0.931 bits per heavy atom. The number of carbonyl (C=O) groups excluding carboxylic acids is 2. The summed E-state index contributed by atoms with van der Waals surface area (Å²) in [5.41, 5.74) is 0.579. The molecule has 0 aromatic heterocycles. The topological polar surface area (TPSA) is 80.3 Å². The van der Waals surface area contributed by atoms with Gasteiger partial charge in [-0.15, -0.1) is 0 Å². The highest BCUT2D eigenvalue weighted by Crippen LogP contribution is 2.40. The number of urea groups is 1. The predicted molar refractivity (Wildman–Crippen MR) is 110 cm³/mol. The summed E-state index contributed by atoms with van der Waals surface area (Å²) in [4.78, 5) is 28.8. The largest absolute Gasteiger partial charge is 0.493 e. The van der Waals surface area contributed by atoms with Crippen molar-refractivity contribution < 1.29 is 23.8 Å². The van der Waals surface area contributed by atoms with Gasteiger partial charge in [-0.1, -0.05) is 0 Å². The normalized spacial score (nSPS) is 17.2. The zero-order valence-corrected chi connectivity index (χ0v) is 17.5. The minimum absolute atomic E-state index is 0.163. The molecular formula is C21H31N3O5. The van der Waals surface area contributed by atoms with Gasteiger partial charge in [0.15, 0.2) is 11.5 Å². The Morgan fingerprint density at radius 2 is 1.52 bits per heavy atom. The number of likely N-dealkylation sites (tertiary alicyclic amines) is 2. The second-order valence-corrected chi connectivity index (χ2v) is 7.57. The van der Waals surface area contributed by atoms with Gasteiger partial charge < -0.3 is 29.3 Å². The zero-order chi connectivity index (χ0) is 20.8. The van der Waals surface area contributed by atoms with Crippen molar-refractivity contribution in [1.82, 2.24) is 9.80 Å². The summed E-state index contributed by atoms with van der Waals surface area (Å²) in [7, 11) is 4.62. The number of piperidine rings is 1. The molecule has 3 amide bonds. The predicted octanol–water partition coefficient (Wildman–Crippen LogP) is 2.97. The van der Waals surface area contributed by atoms with Crippen molar-refractivity contribution in [3.05, 3.63) is 12.1 Å². The quantitative estimate of drug-likeness (QED) is 0.787. The highest BCUT2D eigenvalue weighted by molar-refractivity contribution is 5.90. The van der Waals surface area contributed by atoms with Crippen molar-refractivity contribution in [3.63, 3.8) is 0 Å². The molecule has 2 aliphatic rings. The molecule has 2 aliphatic heterocycles. The van der Waals surface area contributed by atoms with Gasteiger partial charge >= 0.3 is 6.03 Å². The SMILES string of the molecule is COc1cc(NC(=O)N2CCC(CC(=O)N3CCCC3)CC2)cc(OC)c1OC. The van der Waals surface area contributed by atoms with Gasteiger partial charge in [-0.25, -0.2) is 4.79 Å². The second kappa shape index (κ2) is 9.71. The number of methoxy groups -OCH3 is 3. The third-order valence-electron chi connectivity index (χ3n) is 5.74. The monoisotopic (exact) mass is 405 g/mol. The smallest absolute Gasteiger partial charge is 0.321 e. The zero-order valence-electron chi connectivity index (χ0n) is 17.5. The van der Waals surface area contributed by atoms with E-state index in [0.717, 1.165) is 38.8 Å². The third kappa shape index (κ3) is 5.05. The summed E-state index contributed by atoms with van der Waals surface area (Å²) in [5, 5.41) is 2.91. The van der Waals surface area contributed by atoms with E-state index in [1.54, 1.807) is 17.0 Å². The number of benzene rings is 1. The minimum atomic E-state index is -0.163. The van der Waals surface area contributed by atoms with E-state index in [0.29, 0.717) is 48.4 Å². The number of nitrogens with one attached hydrogen (secondary N) is 1. The summed E-state index contributed by atoms with van der Waals surface area (Å²) < 4.78 is 16.0. The first kappa shape index (κ1) is 21.1. The molecule has 3 rings (SSSR count). The molecule has 2 saturated heterocycles. The summed E-state index contributed by atoms with van der Waals surface area (Å²) in [6, 6.07) is 3.25. The van der Waals surface area contributed by atoms with Gasteiger partial charge in [-0.2, -0.15) is 0 Å². The number of rotatable bonds is 6. The molecular weight excluding hydrogens is 374 g/mol. The van der Waals surface area contributed by atoms with Crippen molar-refractivity contribution in [2.75, 3.05) is 52.8 Å². The third-order valence-corrected chi connectivity index (χ3v) is 5.74. The van der Waals surface area contributed by atoms with E-state index in [2.05, 4.69) is 5.32 Å². The molecule has 0 unspecified atom stereocenters. The molecule has 160 valence electrons. The maximum Gasteiger partial charge on any atom is 0.321 e. The van der Waals surface area contributed by atoms with E-state index in [-0.39, 0.29) is 11.9 Å². The van der Waals surface area contributed by atoms with Crippen LogP contribution >= 0.6 is 0 Å². The second-order valence-electron chi connectivity index (χ2n) is 7.57. The summed E-state index contributed by atoms with van der Waals surface area (Å²) >= 11 is 0. The Labute approximate surface area is 172 Å². The Bertz CT molecular complexity index is 700. The van der Waals surface area contributed by atoms with Crippen molar-refractivity contribution >= 4 is 17.6 Å². The molecule has 0 bridgehead atoms. The highest BCUT2D eigenvalue weighted by atomic mass is 16.5. The van der Waals surface area contributed by atoms with Crippen molar-refractivity contribution in [3.8, 4) is 17.2 Å². The van der Waals surface area contributed by atoms with Crippen molar-refractivity contribution in [2.45, 2.75) is 32.1 Å². The molecule has 0 saturated carbocycles. The van der Waals surface area contributed by atoms with Gasteiger partial charge in [-0.3, -0.25) is 4.79 Å². The van der Waals surface area contributed by atoms with Crippen molar-refractivity contribution in [2.24, 2.45) is 5.92 Å². The Kier molecular flexibility index (Phi) is 7.06. The van der Waals surface area contributed by atoms with Crippen LogP contribution < -0.4 is 19.5 Å². The Morgan fingerprint density at radius 3 is 2.03 bits per heavy atom. The first-order valence-electron chi connectivity index (χ1n) is 10.2. The van der Waals surface area contributed by atoms with Gasteiger partial charge in [0.1, 0.15) is 0 Å². The Hall–Kier alpha value is -2.64. The van der Waals surface area contributed by atoms with E-state index < -0.39 is 0 Å². The van der Waals surface area contributed by atoms with E-state index in [9.17, 15) is 9.59 Å². The van der Waals surface area contributed by atoms with Gasteiger partial charge in [-0.05, 0) is 31.6 Å². The first-order chi connectivity index (χ1) is 14.0. The number of ether oxygens (including phenoxy) is 3. The maximum absolute atomic E-state index is 12.7. The molecule has 1 aromatic rings. The number of amides is 3. The fourth-order valence-electron chi connectivity index (χ4n) is 4.04. The van der Waals surface area contributed by atoms with E-state index in [1.165, 1.54) is 21.3 Å². The fraction of sp³-hybridized carbons (Fsp3) is 0.619. The average Bonchev–Trinajstić information content (AvgIpc) is 3.28. The lowest BCUT2D eigenvalue weighted by Crippen LogP contribution is -2.42. The van der Waals surface area contributed by atoms with E-state index >= 15 is 0 Å². The number of carbonyl (C=O) groups is 2. The van der Waals surface area contributed by atoms with Crippen LogP contribution in [0.2, 0.25) is 0 Å². The van der Waals surface area contributed by atoms with Crippen LogP contribution in [0.1, 0.15) is 32.1 Å². The molecule has 2 heterocycles. The Balaban J connectivity index is 1.54.